The minimum Gasteiger partial charge on any atom is -0.336 e. The van der Waals surface area contributed by atoms with E-state index < -0.39 is 0 Å². The largest absolute Gasteiger partial charge is 0.336 e. The number of imidazole rings is 1. The molecule has 5 rings (SSSR count). The van der Waals surface area contributed by atoms with E-state index in [1.807, 2.05) is 53.9 Å². The Morgan fingerprint density at radius 2 is 2.00 bits per heavy atom. The lowest BCUT2D eigenvalue weighted by molar-refractivity contribution is -0.118. The lowest BCUT2D eigenvalue weighted by Gasteiger charge is -2.15. The molecule has 2 heterocycles. The summed E-state index contributed by atoms with van der Waals surface area (Å²) in [5.41, 5.74) is 3.23. The molecular weight excluding hydrogens is 344 g/mol. The fraction of sp³-hybridized carbons (Fsp3) is 0.150. The number of amides is 1. The summed E-state index contributed by atoms with van der Waals surface area (Å²) in [6.07, 6.45) is 3.55. The molecule has 0 atom stereocenters. The SMILES string of the molecule is O=C(Nc1ccc2nc(-c3nccs3)[nH]c2c1)C1(c2ccccc2)CC1. The summed E-state index contributed by atoms with van der Waals surface area (Å²) in [4.78, 5) is 25.0. The average Bonchev–Trinajstić information content (AvgIpc) is 3.11. The Bertz CT molecular complexity index is 1080. The minimum absolute atomic E-state index is 0.0581. The summed E-state index contributed by atoms with van der Waals surface area (Å²) < 4.78 is 0. The van der Waals surface area contributed by atoms with Gasteiger partial charge < -0.3 is 10.3 Å². The van der Waals surface area contributed by atoms with Crippen molar-refractivity contribution in [2.45, 2.75) is 18.3 Å². The van der Waals surface area contributed by atoms with Gasteiger partial charge in [0.05, 0.1) is 16.4 Å². The van der Waals surface area contributed by atoms with E-state index in [-0.39, 0.29) is 11.3 Å². The van der Waals surface area contributed by atoms with Crippen LogP contribution in [0.15, 0.2) is 60.1 Å². The quantitative estimate of drug-likeness (QED) is 0.568. The normalized spacial score (nSPS) is 15.1. The highest BCUT2D eigenvalue weighted by molar-refractivity contribution is 7.13. The molecule has 0 spiro atoms. The first-order valence-electron chi connectivity index (χ1n) is 8.51. The van der Waals surface area contributed by atoms with Crippen LogP contribution in [0, 0.1) is 0 Å². The van der Waals surface area contributed by atoms with E-state index in [4.69, 9.17) is 0 Å². The molecule has 0 saturated heterocycles. The number of thiazole rings is 1. The maximum absolute atomic E-state index is 12.9. The van der Waals surface area contributed by atoms with E-state index in [0.717, 1.165) is 46.0 Å². The summed E-state index contributed by atoms with van der Waals surface area (Å²) in [6.45, 7) is 0. The Morgan fingerprint density at radius 3 is 2.73 bits per heavy atom. The number of fused-ring (bicyclic) bond motifs is 1. The zero-order valence-electron chi connectivity index (χ0n) is 13.9. The third-order valence-electron chi connectivity index (χ3n) is 4.89. The number of hydrogen-bond acceptors (Lipinski definition) is 4. The van der Waals surface area contributed by atoms with Crippen molar-refractivity contribution in [2.24, 2.45) is 0 Å². The Kier molecular flexibility index (Phi) is 3.39. The third kappa shape index (κ3) is 2.50. The average molecular weight is 360 g/mol. The molecule has 4 aromatic rings. The summed E-state index contributed by atoms with van der Waals surface area (Å²) in [5.74, 6) is 0.809. The highest BCUT2D eigenvalue weighted by Crippen LogP contribution is 2.49. The van der Waals surface area contributed by atoms with Crippen LogP contribution < -0.4 is 5.32 Å². The number of aromatic nitrogens is 3. The van der Waals surface area contributed by atoms with Crippen LogP contribution in [-0.4, -0.2) is 20.9 Å². The molecule has 1 amide bonds. The Balaban J connectivity index is 1.42. The van der Waals surface area contributed by atoms with Gasteiger partial charge in [0.2, 0.25) is 5.91 Å². The maximum atomic E-state index is 12.9. The summed E-state index contributed by atoms with van der Waals surface area (Å²) in [5, 5.41) is 5.86. The number of aromatic amines is 1. The molecule has 6 heteroatoms. The molecule has 1 aliphatic carbocycles. The second-order valence-electron chi connectivity index (χ2n) is 6.56. The van der Waals surface area contributed by atoms with Gasteiger partial charge in [-0.15, -0.1) is 11.3 Å². The van der Waals surface area contributed by atoms with Crippen molar-refractivity contribution in [2.75, 3.05) is 5.32 Å². The van der Waals surface area contributed by atoms with Gasteiger partial charge in [-0.2, -0.15) is 0 Å². The highest BCUT2D eigenvalue weighted by Gasteiger charge is 2.51. The number of carbonyl (C=O) groups is 1. The molecule has 128 valence electrons. The van der Waals surface area contributed by atoms with Crippen LogP contribution in [0.5, 0.6) is 0 Å². The lowest BCUT2D eigenvalue weighted by Crippen LogP contribution is -2.27. The Labute approximate surface area is 154 Å². The van der Waals surface area contributed by atoms with Crippen molar-refractivity contribution in [3.05, 3.63) is 65.7 Å². The van der Waals surface area contributed by atoms with Crippen LogP contribution in [0.25, 0.3) is 21.9 Å². The summed E-state index contributed by atoms with van der Waals surface area (Å²) in [6, 6.07) is 15.8. The van der Waals surface area contributed by atoms with Crippen LogP contribution in [0.4, 0.5) is 5.69 Å². The van der Waals surface area contributed by atoms with E-state index in [1.165, 1.54) is 0 Å². The second-order valence-corrected chi connectivity index (χ2v) is 7.45. The van der Waals surface area contributed by atoms with E-state index >= 15 is 0 Å². The highest BCUT2D eigenvalue weighted by atomic mass is 32.1. The van der Waals surface area contributed by atoms with Crippen molar-refractivity contribution < 1.29 is 4.79 Å². The van der Waals surface area contributed by atoms with E-state index in [2.05, 4.69) is 20.3 Å². The molecule has 5 nitrogen and oxygen atoms in total. The number of H-pyrrole nitrogens is 1. The molecule has 0 bridgehead atoms. The summed E-state index contributed by atoms with van der Waals surface area (Å²) in [7, 11) is 0. The van der Waals surface area contributed by atoms with E-state index in [9.17, 15) is 4.79 Å². The molecule has 0 unspecified atom stereocenters. The molecule has 0 aliphatic heterocycles. The van der Waals surface area contributed by atoms with Crippen molar-refractivity contribution in [3.63, 3.8) is 0 Å². The number of carbonyl (C=O) groups excluding carboxylic acids is 1. The van der Waals surface area contributed by atoms with Gasteiger partial charge in [-0.3, -0.25) is 4.79 Å². The van der Waals surface area contributed by atoms with Crippen molar-refractivity contribution in [3.8, 4) is 10.8 Å². The number of nitrogens with one attached hydrogen (secondary N) is 2. The van der Waals surface area contributed by atoms with Gasteiger partial charge in [0.1, 0.15) is 0 Å². The number of nitrogens with zero attached hydrogens (tertiary/aromatic N) is 2. The maximum Gasteiger partial charge on any atom is 0.235 e. The van der Waals surface area contributed by atoms with Gasteiger partial charge in [0.25, 0.3) is 0 Å². The number of hydrogen-bond donors (Lipinski definition) is 2. The molecule has 2 aromatic carbocycles. The molecule has 1 fully saturated rings. The summed E-state index contributed by atoms with van der Waals surface area (Å²) >= 11 is 1.54. The smallest absolute Gasteiger partial charge is 0.235 e. The monoisotopic (exact) mass is 360 g/mol. The predicted molar refractivity (Wildman–Crippen MR) is 103 cm³/mol. The first kappa shape index (κ1) is 15.3. The molecule has 1 saturated carbocycles. The van der Waals surface area contributed by atoms with Gasteiger partial charge in [0.15, 0.2) is 10.8 Å². The second kappa shape index (κ2) is 5.78. The van der Waals surface area contributed by atoms with Gasteiger partial charge in [-0.1, -0.05) is 30.3 Å². The van der Waals surface area contributed by atoms with Crippen LogP contribution in [-0.2, 0) is 10.2 Å². The van der Waals surface area contributed by atoms with Crippen molar-refractivity contribution in [1.82, 2.24) is 15.0 Å². The van der Waals surface area contributed by atoms with Crippen LogP contribution in [0.1, 0.15) is 18.4 Å². The fourth-order valence-corrected chi connectivity index (χ4v) is 3.89. The first-order valence-corrected chi connectivity index (χ1v) is 9.39. The Morgan fingerprint density at radius 1 is 1.15 bits per heavy atom. The standard InChI is InChI=1S/C20H16N4OS/c25-19(20(8-9-20)13-4-2-1-3-5-13)22-14-6-7-15-16(12-14)24-17(23-15)18-21-10-11-26-18/h1-7,10-12H,8-9H2,(H,22,25)(H,23,24). The van der Waals surface area contributed by atoms with Crippen LogP contribution >= 0.6 is 11.3 Å². The van der Waals surface area contributed by atoms with Crippen molar-refractivity contribution in [1.29, 1.82) is 0 Å². The first-order chi connectivity index (χ1) is 12.7. The van der Waals surface area contributed by atoms with E-state index in [1.54, 1.807) is 17.5 Å². The van der Waals surface area contributed by atoms with Gasteiger partial charge in [-0.05, 0) is 36.6 Å². The molecule has 1 aliphatic rings. The molecule has 26 heavy (non-hydrogen) atoms. The molecule has 0 radical (unpaired) electrons. The van der Waals surface area contributed by atoms with Gasteiger partial charge >= 0.3 is 0 Å². The predicted octanol–water partition coefficient (Wildman–Crippen LogP) is 4.36. The third-order valence-corrected chi connectivity index (χ3v) is 5.67. The zero-order chi connectivity index (χ0) is 17.6. The van der Waals surface area contributed by atoms with Gasteiger partial charge in [-0.25, -0.2) is 9.97 Å². The van der Waals surface area contributed by atoms with Crippen LogP contribution in [0.2, 0.25) is 0 Å². The molecule has 2 N–H and O–H groups in total. The van der Waals surface area contributed by atoms with Crippen LogP contribution in [0.3, 0.4) is 0 Å². The molecule has 2 aromatic heterocycles. The van der Waals surface area contributed by atoms with E-state index in [0.29, 0.717) is 0 Å². The van der Waals surface area contributed by atoms with Crippen molar-refractivity contribution >= 4 is 34.0 Å². The topological polar surface area (TPSA) is 70.7 Å². The fourth-order valence-electron chi connectivity index (χ4n) is 3.31. The lowest BCUT2D eigenvalue weighted by atomic mass is 9.95. The zero-order valence-corrected chi connectivity index (χ0v) is 14.7. The minimum atomic E-state index is -0.379. The number of rotatable bonds is 4. The Hall–Kier alpha value is -2.99. The number of benzene rings is 2. The number of anilines is 1. The van der Waals surface area contributed by atoms with Gasteiger partial charge in [0, 0.05) is 17.3 Å². The molecular formula is C20H16N4OS.